The second-order valence-electron chi connectivity index (χ2n) is 11.3. The minimum atomic E-state index is -1.79. The van der Waals surface area contributed by atoms with Gasteiger partial charge >= 0.3 is 0 Å². The van der Waals surface area contributed by atoms with Crippen LogP contribution in [-0.2, 0) is 24.0 Å². The average Bonchev–Trinajstić information content (AvgIpc) is 3.26. The summed E-state index contributed by atoms with van der Waals surface area (Å²) in [5.74, 6) is 0. The summed E-state index contributed by atoms with van der Waals surface area (Å²) in [7, 11) is 0. The Bertz CT molecular complexity index is 885. The van der Waals surface area contributed by atoms with Gasteiger partial charge in [0.2, 0.25) is 0 Å². The molecule has 0 saturated heterocycles. The summed E-state index contributed by atoms with van der Waals surface area (Å²) in [6.45, 7) is -3.73. The molecule has 29 nitrogen and oxygen atoms in total. The molecule has 19 atom stereocenters. The lowest BCUT2D eigenvalue weighted by atomic mass is 10.0. The van der Waals surface area contributed by atoms with Crippen molar-refractivity contribution in [2.75, 3.05) is 33.0 Å². The van der Waals surface area contributed by atoms with E-state index in [4.69, 9.17) is 123 Å². The molecule has 0 amide bonds. The lowest BCUT2D eigenvalue weighted by Gasteiger charge is -2.22. The molecule has 0 saturated carbocycles. The van der Waals surface area contributed by atoms with Gasteiger partial charge in [-0.15, -0.1) is 0 Å². The highest BCUT2D eigenvalue weighted by Crippen LogP contribution is 2.05. The standard InChI is InChI=1S/4C6H12O6.C5H10O5/c4*7-1-3(9)5(11)6(12)4(10)2-8;6-1-3(8)5(10)4(9)2-7/h4*1,3-6,8-12H,2H2;1,3-5,7-10H,2H2/t3-,4+,5+,6+;2*3-,4+,5+,6-;3-,4-,5-,6-;3-,4+,5+/m00010/s1. The van der Waals surface area contributed by atoms with Gasteiger partial charge in [-0.05, 0) is 0 Å². The number of rotatable bonds is 24. The maximum Gasteiger partial charge on any atom is 0.151 e. The fourth-order valence-electron chi connectivity index (χ4n) is 2.89. The highest BCUT2D eigenvalue weighted by atomic mass is 16.4. The van der Waals surface area contributed by atoms with Crippen molar-refractivity contribution in [2.45, 2.75) is 116 Å². The molecule has 0 aliphatic rings. The molecule has 0 aliphatic carbocycles. The van der Waals surface area contributed by atoms with Crippen molar-refractivity contribution in [2.24, 2.45) is 0 Å². The molecule has 0 aromatic carbocycles. The zero-order chi connectivity index (χ0) is 47.0. The first-order valence-electron chi connectivity index (χ1n) is 16.0. The Morgan fingerprint density at radius 1 is 0.224 bits per heavy atom. The lowest BCUT2D eigenvalue weighted by Crippen LogP contribution is -2.46. The van der Waals surface area contributed by atoms with Crippen LogP contribution in [0.25, 0.3) is 0 Å². The lowest BCUT2D eigenvalue weighted by molar-refractivity contribution is -0.136. The summed E-state index contributed by atoms with van der Waals surface area (Å²) < 4.78 is 0. The van der Waals surface area contributed by atoms with Gasteiger partial charge in [0.15, 0.2) is 31.4 Å². The molecule has 0 aromatic heterocycles. The molecule has 0 aliphatic heterocycles. The van der Waals surface area contributed by atoms with E-state index in [0.717, 1.165) is 0 Å². The van der Waals surface area contributed by atoms with Gasteiger partial charge in [0.05, 0.1) is 33.0 Å². The maximum absolute atomic E-state index is 9.90. The molecule has 0 bridgehead atoms. The van der Waals surface area contributed by atoms with Gasteiger partial charge in [0.25, 0.3) is 0 Å². The number of aliphatic hydroxyl groups excluding tert-OH is 24. The van der Waals surface area contributed by atoms with E-state index in [9.17, 15) is 24.0 Å². The molecule has 0 radical (unpaired) electrons. The molecule has 348 valence electrons. The van der Waals surface area contributed by atoms with E-state index >= 15 is 0 Å². The predicted octanol–water partition coefficient (Wildman–Crippen LogP) is -16.3. The number of hydrogen-bond donors (Lipinski definition) is 24. The Morgan fingerprint density at radius 2 is 0.345 bits per heavy atom. The second-order valence-corrected chi connectivity index (χ2v) is 11.3. The van der Waals surface area contributed by atoms with Crippen molar-refractivity contribution in [1.29, 1.82) is 0 Å². The van der Waals surface area contributed by atoms with Gasteiger partial charge in [-0.3, -0.25) is 0 Å². The van der Waals surface area contributed by atoms with Crippen LogP contribution in [0.4, 0.5) is 0 Å². The Labute approximate surface area is 327 Å². The summed E-state index contributed by atoms with van der Waals surface area (Å²) in [6.07, 6.45) is -32.0. The van der Waals surface area contributed by atoms with Crippen molar-refractivity contribution < 1.29 is 147 Å². The van der Waals surface area contributed by atoms with Crippen molar-refractivity contribution in [3.05, 3.63) is 0 Å². The van der Waals surface area contributed by atoms with Gasteiger partial charge in [-0.1, -0.05) is 0 Å². The zero-order valence-electron chi connectivity index (χ0n) is 30.2. The van der Waals surface area contributed by atoms with E-state index in [1.807, 2.05) is 0 Å². The van der Waals surface area contributed by atoms with Crippen LogP contribution in [0.2, 0.25) is 0 Å². The van der Waals surface area contributed by atoms with Crippen LogP contribution in [0, 0.1) is 0 Å². The van der Waals surface area contributed by atoms with Crippen LogP contribution < -0.4 is 0 Å². The third-order valence-electron chi connectivity index (χ3n) is 6.75. The van der Waals surface area contributed by atoms with Crippen LogP contribution in [0.3, 0.4) is 0 Å². The van der Waals surface area contributed by atoms with Crippen molar-refractivity contribution >= 4 is 31.4 Å². The molecular weight excluding hydrogens is 812 g/mol. The summed E-state index contributed by atoms with van der Waals surface area (Å²) in [5.41, 5.74) is 0. The molecule has 0 unspecified atom stereocenters. The van der Waals surface area contributed by atoms with E-state index in [2.05, 4.69) is 0 Å². The highest BCUT2D eigenvalue weighted by molar-refractivity contribution is 5.58. The molecule has 58 heavy (non-hydrogen) atoms. The predicted molar refractivity (Wildman–Crippen MR) is 180 cm³/mol. The van der Waals surface area contributed by atoms with E-state index in [0.29, 0.717) is 0 Å². The van der Waals surface area contributed by atoms with E-state index in [-0.39, 0.29) is 31.4 Å². The summed E-state index contributed by atoms with van der Waals surface area (Å²) in [4.78, 5) is 49.3. The monoisotopic (exact) mass is 870 g/mol. The topological polar surface area (TPSA) is 571 Å². The van der Waals surface area contributed by atoms with Crippen LogP contribution in [0.15, 0.2) is 0 Å². The Hall–Kier alpha value is -2.61. The zero-order valence-corrected chi connectivity index (χ0v) is 30.2. The van der Waals surface area contributed by atoms with Crippen LogP contribution in [-0.4, -0.2) is 303 Å². The van der Waals surface area contributed by atoms with Crippen LogP contribution >= 0.6 is 0 Å². The minimum Gasteiger partial charge on any atom is -0.394 e. The quantitative estimate of drug-likeness (QED) is 0.0400. The molecule has 0 heterocycles. The average molecular weight is 871 g/mol. The molecule has 0 fully saturated rings. The third kappa shape index (κ3) is 27.2. The smallest absolute Gasteiger partial charge is 0.151 e. The van der Waals surface area contributed by atoms with E-state index in [1.54, 1.807) is 0 Å². The molecular formula is C29H58O29. The number of hydrogen-bond acceptors (Lipinski definition) is 29. The van der Waals surface area contributed by atoms with E-state index < -0.39 is 149 Å². The number of aldehydes is 5. The van der Waals surface area contributed by atoms with Crippen molar-refractivity contribution in [3.63, 3.8) is 0 Å². The first-order valence-corrected chi connectivity index (χ1v) is 16.0. The molecule has 0 spiro atoms. The molecule has 29 heteroatoms. The molecule has 24 N–H and O–H groups in total. The summed E-state index contributed by atoms with van der Waals surface area (Å²) in [5, 5.41) is 208. The summed E-state index contributed by atoms with van der Waals surface area (Å²) >= 11 is 0. The van der Waals surface area contributed by atoms with Crippen LogP contribution in [0.1, 0.15) is 0 Å². The van der Waals surface area contributed by atoms with Crippen LogP contribution in [0.5, 0.6) is 0 Å². The molecule has 0 aromatic rings. The largest absolute Gasteiger partial charge is 0.394 e. The van der Waals surface area contributed by atoms with Gasteiger partial charge in [-0.25, -0.2) is 0 Å². The van der Waals surface area contributed by atoms with Gasteiger partial charge in [0, 0.05) is 0 Å². The van der Waals surface area contributed by atoms with Crippen molar-refractivity contribution in [3.8, 4) is 0 Å². The maximum atomic E-state index is 9.90. The van der Waals surface area contributed by atoms with Crippen molar-refractivity contribution in [1.82, 2.24) is 0 Å². The Kier molecular flexibility index (Phi) is 41.6. The first kappa shape index (κ1) is 64.5. The normalized spacial score (nSPS) is 20.8. The minimum absolute atomic E-state index is 0.0258. The third-order valence-corrected chi connectivity index (χ3v) is 6.75. The molecule has 0 rings (SSSR count). The Balaban J connectivity index is -0.000000202. The fraction of sp³-hybridized carbons (Fsp3) is 0.828. The highest BCUT2D eigenvalue weighted by Gasteiger charge is 2.32. The van der Waals surface area contributed by atoms with Gasteiger partial charge in [-0.2, -0.15) is 0 Å². The van der Waals surface area contributed by atoms with Gasteiger partial charge in [0.1, 0.15) is 116 Å². The number of carbonyl (C=O) groups is 5. The SMILES string of the molecule is O=C[C@@H](O)[C@@H](O)[C@H](O)[C@H](O)CO.O=C[C@H](O)[C@@H](O)[C@@H](O)[C@H](O)CO.O=C[C@H](O)[C@@H](O)[C@@H](O)[C@H](O)CO.O=C[C@H](O)[C@@H](O)[C@H](O)CO.O=C[C@H](O)[C@@H](O)[C@H](O)[C@H](O)CO. The fourth-order valence-corrected chi connectivity index (χ4v) is 2.89. The number of carbonyl (C=O) groups excluding carboxylic acids is 5. The summed E-state index contributed by atoms with van der Waals surface area (Å²) in [6, 6.07) is 0. The Morgan fingerprint density at radius 3 is 0.466 bits per heavy atom. The van der Waals surface area contributed by atoms with E-state index in [1.165, 1.54) is 0 Å². The second kappa shape index (κ2) is 37.4. The van der Waals surface area contributed by atoms with Gasteiger partial charge < -0.3 is 147 Å². The first-order chi connectivity index (χ1) is 26.8. The number of aliphatic hydroxyl groups is 24.